The van der Waals surface area contributed by atoms with E-state index in [0.29, 0.717) is 0 Å². The van der Waals surface area contributed by atoms with Crippen molar-refractivity contribution in [2.24, 2.45) is 0 Å². The van der Waals surface area contributed by atoms with E-state index in [1.165, 1.54) is 18.5 Å². The highest BCUT2D eigenvalue weighted by atomic mass is 28.3. The lowest BCUT2D eigenvalue weighted by Gasteiger charge is -2.12. The first-order valence-electron chi connectivity index (χ1n) is 5.43. The molecular formula is C9H24O2Si2. The fourth-order valence-corrected chi connectivity index (χ4v) is 4.99. The van der Waals surface area contributed by atoms with Crippen molar-refractivity contribution in [1.82, 2.24) is 0 Å². The van der Waals surface area contributed by atoms with Gasteiger partial charge in [0, 0.05) is 13.2 Å². The summed E-state index contributed by atoms with van der Waals surface area (Å²) in [7, 11) is -1.63. The van der Waals surface area contributed by atoms with Crippen LogP contribution in [0.4, 0.5) is 0 Å². The monoisotopic (exact) mass is 220 g/mol. The van der Waals surface area contributed by atoms with Gasteiger partial charge in [-0.3, -0.25) is 0 Å². The molecule has 0 radical (unpaired) electrons. The maximum atomic E-state index is 5.60. The summed E-state index contributed by atoms with van der Waals surface area (Å²) in [6, 6.07) is 2.64. The van der Waals surface area contributed by atoms with Gasteiger partial charge in [-0.25, -0.2) is 0 Å². The van der Waals surface area contributed by atoms with Crippen LogP contribution in [0.5, 0.6) is 0 Å². The van der Waals surface area contributed by atoms with Gasteiger partial charge in [0.2, 0.25) is 0 Å². The van der Waals surface area contributed by atoms with Crippen molar-refractivity contribution in [3.63, 3.8) is 0 Å². The molecule has 0 spiro atoms. The van der Waals surface area contributed by atoms with Gasteiger partial charge in [0.25, 0.3) is 0 Å². The summed E-state index contributed by atoms with van der Waals surface area (Å²) in [5, 5.41) is 0. The number of hydrogen-bond acceptors (Lipinski definition) is 2. The minimum absolute atomic E-state index is 0.814. The molecule has 0 heterocycles. The van der Waals surface area contributed by atoms with Crippen LogP contribution in [0.2, 0.25) is 25.2 Å². The van der Waals surface area contributed by atoms with Crippen molar-refractivity contribution in [3.8, 4) is 0 Å². The first-order valence-corrected chi connectivity index (χ1v) is 10.3. The van der Waals surface area contributed by atoms with E-state index < -0.39 is 18.1 Å². The molecule has 0 aromatic rings. The van der Waals surface area contributed by atoms with Gasteiger partial charge in [0.15, 0.2) is 18.1 Å². The van der Waals surface area contributed by atoms with E-state index in [2.05, 4.69) is 26.9 Å². The first kappa shape index (κ1) is 13.4. The van der Waals surface area contributed by atoms with Crippen molar-refractivity contribution < 1.29 is 8.85 Å². The standard InChI is InChI=1S/C9H24O2Si2/c1-5-10-12(3)8-7-9-13(4)11-6-2/h12-13H,5-9H2,1-4H3. The second-order valence-corrected chi connectivity index (χ2v) is 8.53. The van der Waals surface area contributed by atoms with Crippen molar-refractivity contribution in [2.75, 3.05) is 13.2 Å². The SMILES string of the molecule is CCO[SiH](C)CCC[SiH](C)OCC. The predicted octanol–water partition coefficient (Wildman–Crippen LogP) is 2.16. The third-order valence-corrected chi connectivity index (χ3v) is 6.37. The molecule has 0 N–H and O–H groups in total. The number of hydrogen-bond donors (Lipinski definition) is 0. The molecule has 0 bridgehead atoms. The molecule has 2 nitrogen and oxygen atoms in total. The average Bonchev–Trinajstić information content (AvgIpc) is 2.05. The van der Waals surface area contributed by atoms with Gasteiger partial charge >= 0.3 is 0 Å². The molecule has 0 aromatic heterocycles. The maximum absolute atomic E-state index is 5.60. The molecule has 0 aliphatic rings. The van der Waals surface area contributed by atoms with Crippen LogP contribution < -0.4 is 0 Å². The highest BCUT2D eigenvalue weighted by Crippen LogP contribution is 2.07. The molecule has 0 aromatic carbocycles. The second-order valence-electron chi connectivity index (χ2n) is 3.46. The second kappa shape index (κ2) is 8.93. The fraction of sp³-hybridized carbons (Fsp3) is 1.00. The Balaban J connectivity index is 3.23. The summed E-state index contributed by atoms with van der Waals surface area (Å²) in [4.78, 5) is 0. The van der Waals surface area contributed by atoms with Gasteiger partial charge in [0.05, 0.1) is 0 Å². The van der Waals surface area contributed by atoms with E-state index in [1.54, 1.807) is 0 Å². The van der Waals surface area contributed by atoms with Crippen LogP contribution >= 0.6 is 0 Å². The van der Waals surface area contributed by atoms with Gasteiger partial charge in [-0.05, 0) is 39.0 Å². The third kappa shape index (κ3) is 8.68. The van der Waals surface area contributed by atoms with Crippen LogP contribution in [0.25, 0.3) is 0 Å². The van der Waals surface area contributed by atoms with Crippen molar-refractivity contribution >= 4 is 18.1 Å². The van der Waals surface area contributed by atoms with Crippen LogP contribution in [-0.2, 0) is 8.85 Å². The minimum atomic E-state index is -0.814. The van der Waals surface area contributed by atoms with Crippen LogP contribution in [0.15, 0.2) is 0 Å². The fourth-order valence-electron chi connectivity index (χ4n) is 1.43. The van der Waals surface area contributed by atoms with Gasteiger partial charge in [-0.1, -0.05) is 6.42 Å². The number of rotatable bonds is 8. The lowest BCUT2D eigenvalue weighted by Crippen LogP contribution is -2.16. The van der Waals surface area contributed by atoms with Crippen molar-refractivity contribution in [3.05, 3.63) is 0 Å². The summed E-state index contributed by atoms with van der Waals surface area (Å²) in [5.74, 6) is 0. The molecule has 4 heteroatoms. The lowest BCUT2D eigenvalue weighted by atomic mass is 10.6. The molecule has 0 aliphatic carbocycles. The zero-order chi connectivity index (χ0) is 10.1. The predicted molar refractivity (Wildman–Crippen MR) is 63.5 cm³/mol. The zero-order valence-electron chi connectivity index (χ0n) is 9.51. The Morgan fingerprint density at radius 3 is 1.54 bits per heavy atom. The third-order valence-electron chi connectivity index (χ3n) is 2.12. The Morgan fingerprint density at radius 1 is 0.846 bits per heavy atom. The van der Waals surface area contributed by atoms with E-state index in [0.717, 1.165) is 13.2 Å². The molecule has 2 atom stereocenters. The Kier molecular flexibility index (Phi) is 9.17. The van der Waals surface area contributed by atoms with Gasteiger partial charge in [-0.15, -0.1) is 0 Å². The summed E-state index contributed by atoms with van der Waals surface area (Å²) in [6.07, 6.45) is 1.32. The van der Waals surface area contributed by atoms with Gasteiger partial charge in [0.1, 0.15) is 0 Å². The summed E-state index contributed by atoms with van der Waals surface area (Å²) in [5.41, 5.74) is 0. The Hall–Kier alpha value is 0.354. The van der Waals surface area contributed by atoms with Gasteiger partial charge < -0.3 is 8.85 Å². The first-order chi connectivity index (χ1) is 6.20. The summed E-state index contributed by atoms with van der Waals surface area (Å²) in [6.45, 7) is 10.5. The molecule has 0 rings (SSSR count). The molecular weight excluding hydrogens is 196 g/mol. The zero-order valence-corrected chi connectivity index (χ0v) is 11.8. The van der Waals surface area contributed by atoms with E-state index >= 15 is 0 Å². The summed E-state index contributed by atoms with van der Waals surface area (Å²) >= 11 is 0. The van der Waals surface area contributed by atoms with Crippen LogP contribution in [-0.4, -0.2) is 31.3 Å². The molecule has 0 saturated heterocycles. The van der Waals surface area contributed by atoms with Crippen LogP contribution in [0.3, 0.4) is 0 Å². The largest absolute Gasteiger partial charge is 0.421 e. The molecule has 0 amide bonds. The van der Waals surface area contributed by atoms with E-state index in [4.69, 9.17) is 8.85 Å². The molecule has 0 saturated carbocycles. The normalized spacial score (nSPS) is 15.7. The van der Waals surface area contributed by atoms with Crippen LogP contribution in [0, 0.1) is 0 Å². The van der Waals surface area contributed by atoms with Crippen molar-refractivity contribution in [1.29, 1.82) is 0 Å². The average molecular weight is 220 g/mol. The highest BCUT2D eigenvalue weighted by Gasteiger charge is 2.07. The quantitative estimate of drug-likeness (QED) is 0.584. The van der Waals surface area contributed by atoms with Gasteiger partial charge in [-0.2, -0.15) is 0 Å². The molecule has 0 fully saturated rings. The molecule has 0 aliphatic heterocycles. The van der Waals surface area contributed by atoms with Crippen LogP contribution in [0.1, 0.15) is 20.3 Å². The highest BCUT2D eigenvalue weighted by molar-refractivity contribution is 6.52. The van der Waals surface area contributed by atoms with E-state index in [1.807, 2.05) is 0 Å². The Bertz CT molecular complexity index is 99.8. The van der Waals surface area contributed by atoms with E-state index in [-0.39, 0.29) is 0 Å². The minimum Gasteiger partial charge on any atom is -0.421 e. The Morgan fingerprint density at radius 2 is 1.23 bits per heavy atom. The molecule has 13 heavy (non-hydrogen) atoms. The summed E-state index contributed by atoms with van der Waals surface area (Å²) < 4.78 is 11.2. The molecule has 2 unspecified atom stereocenters. The molecule has 80 valence electrons. The smallest absolute Gasteiger partial charge is 0.173 e. The maximum Gasteiger partial charge on any atom is 0.173 e. The topological polar surface area (TPSA) is 18.5 Å². The lowest BCUT2D eigenvalue weighted by molar-refractivity contribution is 0.340. The van der Waals surface area contributed by atoms with Crippen molar-refractivity contribution in [2.45, 2.75) is 45.5 Å². The Labute approximate surface area is 86.1 Å². The van der Waals surface area contributed by atoms with E-state index in [9.17, 15) is 0 Å².